The molecule has 5 heteroatoms. The van der Waals surface area contributed by atoms with Crippen molar-refractivity contribution in [3.05, 3.63) is 65.2 Å². The zero-order valence-electron chi connectivity index (χ0n) is 14.6. The predicted octanol–water partition coefficient (Wildman–Crippen LogP) is 2.91. The van der Waals surface area contributed by atoms with E-state index in [1.807, 2.05) is 62.5 Å². The number of hydrogen-bond acceptors (Lipinski definition) is 3. The van der Waals surface area contributed by atoms with Crippen LogP contribution in [0.25, 0.3) is 6.08 Å². The fourth-order valence-corrected chi connectivity index (χ4v) is 2.61. The molecule has 0 spiro atoms. The fraction of sp³-hybridized carbons (Fsp3) is 0.200. The van der Waals surface area contributed by atoms with Gasteiger partial charge in [0.2, 0.25) is 0 Å². The van der Waals surface area contributed by atoms with Gasteiger partial charge in [-0.2, -0.15) is 0 Å². The molecule has 0 aromatic heterocycles. The smallest absolute Gasteiger partial charge is 0.282 e. The van der Waals surface area contributed by atoms with E-state index in [1.54, 1.807) is 6.08 Å². The van der Waals surface area contributed by atoms with Gasteiger partial charge >= 0.3 is 0 Å². The Balaban J connectivity index is 1.84. The summed E-state index contributed by atoms with van der Waals surface area (Å²) < 4.78 is 0. The third-order valence-corrected chi connectivity index (χ3v) is 4.30. The third-order valence-electron chi connectivity index (χ3n) is 4.30. The molecule has 3 rings (SSSR count). The Morgan fingerprint density at radius 2 is 1.68 bits per heavy atom. The van der Waals surface area contributed by atoms with Crippen molar-refractivity contribution in [2.24, 2.45) is 0 Å². The summed E-state index contributed by atoms with van der Waals surface area (Å²) in [5.74, 6) is -0.732. The SMILES string of the molecule is CCN(C)c1ccc(/C=C2\C(=O)NN(c3ccc(C)cc3)C2=O)cc1. The number of carbonyl (C=O) groups excluding carboxylic acids is 2. The van der Waals surface area contributed by atoms with Crippen LogP contribution < -0.4 is 15.3 Å². The van der Waals surface area contributed by atoms with E-state index in [-0.39, 0.29) is 17.4 Å². The Bertz CT molecular complexity index is 823. The number of anilines is 2. The van der Waals surface area contributed by atoms with E-state index in [4.69, 9.17) is 0 Å². The Hall–Kier alpha value is -3.08. The lowest BCUT2D eigenvalue weighted by Crippen LogP contribution is -2.35. The van der Waals surface area contributed by atoms with Crippen LogP contribution in [0.3, 0.4) is 0 Å². The molecular weight excluding hydrogens is 314 g/mol. The van der Waals surface area contributed by atoms with Crippen LogP contribution in [0.15, 0.2) is 54.1 Å². The number of carbonyl (C=O) groups is 2. The molecule has 0 atom stereocenters. The molecule has 1 saturated heterocycles. The van der Waals surface area contributed by atoms with Gasteiger partial charge < -0.3 is 4.90 Å². The molecule has 1 fully saturated rings. The highest BCUT2D eigenvalue weighted by Crippen LogP contribution is 2.22. The van der Waals surface area contributed by atoms with Crippen LogP contribution in [-0.2, 0) is 9.59 Å². The molecule has 1 aliphatic heterocycles. The Labute approximate surface area is 147 Å². The van der Waals surface area contributed by atoms with Crippen molar-refractivity contribution in [2.75, 3.05) is 23.5 Å². The number of hydrazine groups is 1. The topological polar surface area (TPSA) is 52.7 Å². The number of hydrogen-bond donors (Lipinski definition) is 1. The highest BCUT2D eigenvalue weighted by atomic mass is 16.2. The zero-order valence-corrected chi connectivity index (χ0v) is 14.6. The summed E-state index contributed by atoms with van der Waals surface area (Å²) in [5.41, 5.74) is 6.40. The molecule has 2 aromatic carbocycles. The second-order valence-corrected chi connectivity index (χ2v) is 6.08. The number of nitrogens with zero attached hydrogens (tertiary/aromatic N) is 2. The Kier molecular flexibility index (Phi) is 4.57. The molecule has 0 bridgehead atoms. The van der Waals surface area contributed by atoms with Gasteiger partial charge in [0, 0.05) is 19.3 Å². The quantitative estimate of drug-likeness (QED) is 0.690. The van der Waals surface area contributed by atoms with Crippen LogP contribution >= 0.6 is 0 Å². The maximum Gasteiger partial charge on any atom is 0.282 e. The van der Waals surface area contributed by atoms with Crippen molar-refractivity contribution in [3.63, 3.8) is 0 Å². The van der Waals surface area contributed by atoms with Gasteiger partial charge in [-0.3, -0.25) is 15.0 Å². The fourth-order valence-electron chi connectivity index (χ4n) is 2.61. The summed E-state index contributed by atoms with van der Waals surface area (Å²) in [6, 6.07) is 15.2. The van der Waals surface area contributed by atoms with E-state index < -0.39 is 0 Å². The third kappa shape index (κ3) is 3.40. The van der Waals surface area contributed by atoms with Crippen molar-refractivity contribution in [1.29, 1.82) is 0 Å². The van der Waals surface area contributed by atoms with Crippen molar-refractivity contribution < 1.29 is 9.59 Å². The van der Waals surface area contributed by atoms with Crippen LogP contribution in [0.2, 0.25) is 0 Å². The highest BCUT2D eigenvalue weighted by molar-refractivity contribution is 6.31. The molecule has 1 N–H and O–H groups in total. The van der Waals surface area contributed by atoms with E-state index >= 15 is 0 Å². The lowest BCUT2D eigenvalue weighted by Gasteiger charge is -2.16. The van der Waals surface area contributed by atoms with E-state index in [2.05, 4.69) is 17.2 Å². The minimum atomic E-state index is -0.389. The maximum atomic E-state index is 12.6. The van der Waals surface area contributed by atoms with Crippen molar-refractivity contribution in [3.8, 4) is 0 Å². The molecule has 128 valence electrons. The second-order valence-electron chi connectivity index (χ2n) is 6.08. The average Bonchev–Trinajstić information content (AvgIpc) is 2.90. The molecule has 25 heavy (non-hydrogen) atoms. The first-order chi connectivity index (χ1) is 12.0. The lowest BCUT2D eigenvalue weighted by atomic mass is 10.1. The number of amides is 2. The number of rotatable bonds is 4. The summed E-state index contributed by atoms with van der Waals surface area (Å²) in [6.07, 6.45) is 1.63. The molecule has 5 nitrogen and oxygen atoms in total. The van der Waals surface area contributed by atoms with Gasteiger partial charge in [-0.15, -0.1) is 0 Å². The summed E-state index contributed by atoms with van der Waals surface area (Å²) in [6.45, 7) is 4.96. The maximum absolute atomic E-state index is 12.6. The van der Waals surface area contributed by atoms with Gasteiger partial charge in [0.1, 0.15) is 5.57 Å². The predicted molar refractivity (Wildman–Crippen MR) is 100 cm³/mol. The van der Waals surface area contributed by atoms with Crippen LogP contribution in [0.5, 0.6) is 0 Å². The summed E-state index contributed by atoms with van der Waals surface area (Å²) in [5, 5.41) is 1.28. The van der Waals surface area contributed by atoms with Crippen molar-refractivity contribution >= 4 is 29.3 Å². The average molecular weight is 335 g/mol. The monoisotopic (exact) mass is 335 g/mol. The first-order valence-corrected chi connectivity index (χ1v) is 8.24. The van der Waals surface area contributed by atoms with E-state index in [0.717, 1.165) is 23.4 Å². The Morgan fingerprint density at radius 1 is 1.04 bits per heavy atom. The highest BCUT2D eigenvalue weighted by Gasteiger charge is 2.34. The number of aryl methyl sites for hydroxylation is 1. The molecule has 2 amide bonds. The molecule has 0 radical (unpaired) electrons. The van der Waals surface area contributed by atoms with Crippen LogP contribution in [-0.4, -0.2) is 25.4 Å². The number of nitrogens with one attached hydrogen (secondary N) is 1. The molecular formula is C20H21N3O2. The normalized spacial score (nSPS) is 15.6. The van der Waals surface area contributed by atoms with Crippen LogP contribution in [0, 0.1) is 6.92 Å². The van der Waals surface area contributed by atoms with Gasteiger partial charge in [-0.25, -0.2) is 5.01 Å². The standard InChI is InChI=1S/C20H21N3O2/c1-4-22(3)16-11-7-15(8-12-16)13-18-19(24)21-23(20(18)25)17-9-5-14(2)6-10-17/h5-13H,4H2,1-3H3,(H,21,24)/b18-13+. The molecule has 1 aliphatic rings. The largest absolute Gasteiger partial charge is 0.375 e. The van der Waals surface area contributed by atoms with Gasteiger partial charge in [-0.05, 0) is 49.8 Å². The summed E-state index contributed by atoms with van der Waals surface area (Å²) in [4.78, 5) is 26.9. The van der Waals surface area contributed by atoms with Gasteiger partial charge in [-0.1, -0.05) is 29.8 Å². The van der Waals surface area contributed by atoms with Crippen LogP contribution in [0.4, 0.5) is 11.4 Å². The summed E-state index contributed by atoms with van der Waals surface area (Å²) in [7, 11) is 2.01. The minimum absolute atomic E-state index is 0.136. The van der Waals surface area contributed by atoms with E-state index in [0.29, 0.717) is 5.69 Å². The van der Waals surface area contributed by atoms with E-state index in [9.17, 15) is 9.59 Å². The first kappa shape index (κ1) is 16.8. The minimum Gasteiger partial charge on any atom is -0.375 e. The van der Waals surface area contributed by atoms with Gasteiger partial charge in [0.15, 0.2) is 0 Å². The first-order valence-electron chi connectivity index (χ1n) is 8.24. The van der Waals surface area contributed by atoms with Gasteiger partial charge in [0.05, 0.1) is 5.69 Å². The second kappa shape index (κ2) is 6.81. The molecule has 0 saturated carbocycles. The lowest BCUT2D eigenvalue weighted by molar-refractivity contribution is -0.117. The number of benzene rings is 2. The van der Waals surface area contributed by atoms with Crippen LogP contribution in [0.1, 0.15) is 18.1 Å². The molecule has 0 unspecified atom stereocenters. The van der Waals surface area contributed by atoms with Crippen molar-refractivity contribution in [2.45, 2.75) is 13.8 Å². The summed E-state index contributed by atoms with van der Waals surface area (Å²) >= 11 is 0. The molecule has 0 aliphatic carbocycles. The van der Waals surface area contributed by atoms with E-state index in [1.165, 1.54) is 5.01 Å². The van der Waals surface area contributed by atoms with Crippen molar-refractivity contribution in [1.82, 2.24) is 5.43 Å². The Morgan fingerprint density at radius 3 is 2.28 bits per heavy atom. The van der Waals surface area contributed by atoms with Gasteiger partial charge in [0.25, 0.3) is 11.8 Å². The molecule has 2 aromatic rings. The molecule has 1 heterocycles. The zero-order chi connectivity index (χ0) is 18.0.